The normalized spacial score (nSPS) is 19.5. The van der Waals surface area contributed by atoms with E-state index in [1.165, 1.54) is 0 Å². The fraction of sp³-hybridized carbons (Fsp3) is 0.500. The molecule has 0 aromatic carbocycles. The summed E-state index contributed by atoms with van der Waals surface area (Å²) in [6.07, 6.45) is 2.80. The van der Waals surface area contributed by atoms with Crippen LogP contribution in [0.1, 0.15) is 34.2 Å². The summed E-state index contributed by atoms with van der Waals surface area (Å²) in [4.78, 5) is 17.2. The molecule has 1 N–H and O–H groups in total. The number of carbonyl (C=O) groups excluding carboxylic acids is 1. The molecule has 5 heterocycles. The first-order valence-corrected chi connectivity index (χ1v) is 11.2. The number of hydrogen-bond acceptors (Lipinski definition) is 8. The zero-order chi connectivity index (χ0) is 21.9. The molecule has 10 heteroatoms. The van der Waals surface area contributed by atoms with Crippen molar-refractivity contribution >= 4 is 17.4 Å². The van der Waals surface area contributed by atoms with Crippen molar-refractivity contribution < 1.29 is 9.53 Å². The molecule has 0 aliphatic carbocycles. The van der Waals surface area contributed by atoms with Gasteiger partial charge in [0, 0.05) is 51.4 Å². The highest BCUT2D eigenvalue weighted by Gasteiger charge is 2.29. The topological polar surface area (TPSA) is 101 Å². The largest absolute Gasteiger partial charge is 0.379 e. The smallest absolute Gasteiger partial charge is 0.252 e. The van der Waals surface area contributed by atoms with E-state index in [9.17, 15) is 4.79 Å². The predicted molar refractivity (Wildman–Crippen MR) is 119 cm³/mol. The van der Waals surface area contributed by atoms with E-state index in [2.05, 4.69) is 35.5 Å². The number of pyridine rings is 1. The molecule has 5 rings (SSSR count). The first kappa shape index (κ1) is 20.8. The van der Waals surface area contributed by atoms with Crippen LogP contribution in [0.3, 0.4) is 0 Å². The maximum Gasteiger partial charge on any atom is 0.252 e. The van der Waals surface area contributed by atoms with Crippen LogP contribution in [0.5, 0.6) is 0 Å². The minimum Gasteiger partial charge on any atom is -0.379 e. The van der Waals surface area contributed by atoms with Gasteiger partial charge in [0.1, 0.15) is 5.82 Å². The highest BCUT2D eigenvalue weighted by atomic mass is 16.5. The minimum absolute atomic E-state index is 0.0808. The van der Waals surface area contributed by atoms with Gasteiger partial charge in [0.2, 0.25) is 0 Å². The van der Waals surface area contributed by atoms with Gasteiger partial charge in [-0.15, -0.1) is 15.3 Å². The standard InChI is InChI=1S/C22H28N8O2/c1-16-2-4-19(25-24-16)29-8-6-17(14-29)21-27-26-20-5-3-18(15-30(20)21)22(31)23-7-9-28-10-12-32-13-11-28/h2-5,15,17H,6-14H2,1H3,(H,23,31). The molecule has 0 radical (unpaired) electrons. The van der Waals surface area contributed by atoms with Crippen molar-refractivity contribution in [3.8, 4) is 0 Å². The highest BCUT2D eigenvalue weighted by molar-refractivity contribution is 5.94. The zero-order valence-corrected chi connectivity index (χ0v) is 18.3. The number of ether oxygens (including phenoxy) is 1. The number of aromatic nitrogens is 5. The molecule has 1 amide bonds. The van der Waals surface area contributed by atoms with Crippen LogP contribution in [0.25, 0.3) is 5.65 Å². The molecule has 2 saturated heterocycles. The number of morpholine rings is 1. The van der Waals surface area contributed by atoms with Crippen LogP contribution >= 0.6 is 0 Å². The summed E-state index contributed by atoms with van der Waals surface area (Å²) in [5.74, 6) is 1.90. The van der Waals surface area contributed by atoms with Gasteiger partial charge in [0.05, 0.1) is 24.5 Å². The maximum atomic E-state index is 12.7. The molecule has 2 fully saturated rings. The number of nitrogens with zero attached hydrogens (tertiary/aromatic N) is 7. The first-order chi connectivity index (χ1) is 15.7. The second-order valence-electron chi connectivity index (χ2n) is 8.38. The van der Waals surface area contributed by atoms with E-state index in [0.29, 0.717) is 12.1 Å². The van der Waals surface area contributed by atoms with E-state index < -0.39 is 0 Å². The van der Waals surface area contributed by atoms with Crippen LogP contribution < -0.4 is 10.2 Å². The number of aryl methyl sites for hydroxylation is 1. The fourth-order valence-electron chi connectivity index (χ4n) is 4.32. The van der Waals surface area contributed by atoms with E-state index >= 15 is 0 Å². The van der Waals surface area contributed by atoms with Gasteiger partial charge in [0.15, 0.2) is 11.5 Å². The molecule has 0 bridgehead atoms. The van der Waals surface area contributed by atoms with Crippen LogP contribution in [-0.2, 0) is 4.74 Å². The molecule has 2 aliphatic heterocycles. The Morgan fingerprint density at radius 2 is 1.97 bits per heavy atom. The summed E-state index contributed by atoms with van der Waals surface area (Å²) >= 11 is 0. The van der Waals surface area contributed by atoms with Gasteiger partial charge in [-0.2, -0.15) is 5.10 Å². The van der Waals surface area contributed by atoms with Gasteiger partial charge in [0.25, 0.3) is 5.91 Å². The Labute approximate surface area is 186 Å². The lowest BCUT2D eigenvalue weighted by Gasteiger charge is -2.26. The lowest BCUT2D eigenvalue weighted by Crippen LogP contribution is -2.41. The van der Waals surface area contributed by atoms with Crippen LogP contribution in [0.4, 0.5) is 5.82 Å². The third-order valence-corrected chi connectivity index (χ3v) is 6.17. The van der Waals surface area contributed by atoms with Gasteiger partial charge in [-0.1, -0.05) is 0 Å². The van der Waals surface area contributed by atoms with Crippen LogP contribution in [0.15, 0.2) is 30.5 Å². The van der Waals surface area contributed by atoms with Gasteiger partial charge >= 0.3 is 0 Å². The SMILES string of the molecule is Cc1ccc(N2CCC(c3nnc4ccc(C(=O)NCCN5CCOCC5)cn34)C2)nn1. The Balaban J connectivity index is 1.25. The molecule has 2 aliphatic rings. The zero-order valence-electron chi connectivity index (χ0n) is 18.3. The van der Waals surface area contributed by atoms with E-state index in [4.69, 9.17) is 4.74 Å². The summed E-state index contributed by atoms with van der Waals surface area (Å²) in [6.45, 7) is 8.41. The Morgan fingerprint density at radius 1 is 1.09 bits per heavy atom. The molecule has 10 nitrogen and oxygen atoms in total. The molecule has 32 heavy (non-hydrogen) atoms. The number of rotatable bonds is 6. The number of amides is 1. The molecule has 168 valence electrons. The lowest BCUT2D eigenvalue weighted by atomic mass is 10.1. The third kappa shape index (κ3) is 4.42. The molecule has 3 aromatic heterocycles. The fourth-order valence-corrected chi connectivity index (χ4v) is 4.32. The molecule has 3 aromatic rings. The number of nitrogens with one attached hydrogen (secondary N) is 1. The van der Waals surface area contributed by atoms with Crippen molar-refractivity contribution in [2.75, 3.05) is 57.4 Å². The second kappa shape index (κ2) is 9.17. The van der Waals surface area contributed by atoms with Gasteiger partial charge in [-0.3, -0.25) is 14.1 Å². The summed E-state index contributed by atoms with van der Waals surface area (Å²) < 4.78 is 7.32. The van der Waals surface area contributed by atoms with E-state index in [0.717, 1.165) is 75.3 Å². The Bertz CT molecular complexity index is 1080. The molecular formula is C22H28N8O2. The average Bonchev–Trinajstić information content (AvgIpc) is 3.47. The summed E-state index contributed by atoms with van der Waals surface area (Å²) in [6, 6.07) is 7.64. The second-order valence-corrected chi connectivity index (χ2v) is 8.38. The van der Waals surface area contributed by atoms with Crippen LogP contribution in [0, 0.1) is 6.92 Å². The number of anilines is 1. The van der Waals surface area contributed by atoms with Gasteiger partial charge in [-0.25, -0.2) is 0 Å². The lowest BCUT2D eigenvalue weighted by molar-refractivity contribution is 0.0383. The quantitative estimate of drug-likeness (QED) is 0.608. The summed E-state index contributed by atoms with van der Waals surface area (Å²) in [5, 5.41) is 20.3. The molecule has 1 atom stereocenters. The third-order valence-electron chi connectivity index (χ3n) is 6.17. The first-order valence-electron chi connectivity index (χ1n) is 11.2. The van der Waals surface area contributed by atoms with Crippen molar-refractivity contribution in [3.05, 3.63) is 47.5 Å². The molecular weight excluding hydrogens is 408 g/mol. The van der Waals surface area contributed by atoms with E-state index in [1.54, 1.807) is 6.07 Å². The van der Waals surface area contributed by atoms with Crippen molar-refractivity contribution in [2.24, 2.45) is 0 Å². The van der Waals surface area contributed by atoms with Crippen LogP contribution in [-0.4, -0.2) is 88.1 Å². The summed E-state index contributed by atoms with van der Waals surface area (Å²) in [7, 11) is 0. The number of hydrogen-bond donors (Lipinski definition) is 1. The maximum absolute atomic E-state index is 12.7. The number of fused-ring (bicyclic) bond motifs is 1. The highest BCUT2D eigenvalue weighted by Crippen LogP contribution is 2.29. The van der Waals surface area contributed by atoms with Gasteiger partial charge < -0.3 is 15.0 Å². The summed E-state index contributed by atoms with van der Waals surface area (Å²) in [5.41, 5.74) is 2.27. The minimum atomic E-state index is -0.0808. The van der Waals surface area contributed by atoms with E-state index in [-0.39, 0.29) is 11.8 Å². The van der Waals surface area contributed by atoms with Crippen molar-refractivity contribution in [1.82, 2.24) is 35.0 Å². The van der Waals surface area contributed by atoms with Crippen molar-refractivity contribution in [2.45, 2.75) is 19.3 Å². The Hall–Kier alpha value is -3.11. The Kier molecular flexibility index (Phi) is 5.95. The predicted octanol–water partition coefficient (Wildman–Crippen LogP) is 0.884. The van der Waals surface area contributed by atoms with Crippen molar-refractivity contribution in [1.29, 1.82) is 0 Å². The van der Waals surface area contributed by atoms with Crippen molar-refractivity contribution in [3.63, 3.8) is 0 Å². The monoisotopic (exact) mass is 436 g/mol. The van der Waals surface area contributed by atoms with E-state index in [1.807, 2.05) is 35.7 Å². The molecule has 0 spiro atoms. The Morgan fingerprint density at radius 3 is 2.78 bits per heavy atom. The molecule has 0 saturated carbocycles. The van der Waals surface area contributed by atoms with Gasteiger partial charge in [-0.05, 0) is 37.6 Å². The average molecular weight is 437 g/mol. The van der Waals surface area contributed by atoms with Crippen LogP contribution in [0.2, 0.25) is 0 Å². The molecule has 1 unspecified atom stereocenters. The number of carbonyl (C=O) groups is 1.